The van der Waals surface area contributed by atoms with E-state index in [4.69, 9.17) is 9.47 Å². The second-order valence-corrected chi connectivity index (χ2v) is 6.73. The first-order chi connectivity index (χ1) is 12.7. The van der Waals surface area contributed by atoms with Crippen LogP contribution >= 0.6 is 0 Å². The third-order valence-corrected chi connectivity index (χ3v) is 4.93. The number of esters is 1. The van der Waals surface area contributed by atoms with Crippen molar-refractivity contribution in [2.75, 3.05) is 13.2 Å². The standard InChI is InChI=1S/C21H21NO4/c23-20(22-13-17-7-4-10-25-17)15-8-9-18-16(11-15)12-19(26-21(18)24)14-5-2-1-3-6-14/h1-3,5-6,8-9,11,17,19H,4,7,10,12-13H2,(H,22,23)/t17-,19-/m0/s1. The normalized spacial score (nSPS) is 21.8. The summed E-state index contributed by atoms with van der Waals surface area (Å²) in [5.41, 5.74) is 2.90. The highest BCUT2D eigenvalue weighted by Gasteiger charge is 2.28. The highest BCUT2D eigenvalue weighted by Crippen LogP contribution is 2.31. The van der Waals surface area contributed by atoms with Gasteiger partial charge in [0.05, 0.1) is 11.7 Å². The van der Waals surface area contributed by atoms with Crippen LogP contribution < -0.4 is 5.32 Å². The van der Waals surface area contributed by atoms with Gasteiger partial charge in [0.25, 0.3) is 5.91 Å². The van der Waals surface area contributed by atoms with Crippen LogP contribution in [-0.2, 0) is 15.9 Å². The van der Waals surface area contributed by atoms with E-state index in [0.29, 0.717) is 24.1 Å². The summed E-state index contributed by atoms with van der Waals surface area (Å²) in [5.74, 6) is -0.482. The van der Waals surface area contributed by atoms with E-state index in [0.717, 1.165) is 30.6 Å². The quantitative estimate of drug-likeness (QED) is 0.860. The molecule has 0 aliphatic carbocycles. The smallest absolute Gasteiger partial charge is 0.339 e. The van der Waals surface area contributed by atoms with Crippen molar-refractivity contribution in [3.05, 3.63) is 70.8 Å². The minimum atomic E-state index is -0.341. The fourth-order valence-electron chi connectivity index (χ4n) is 3.50. The van der Waals surface area contributed by atoms with Gasteiger partial charge in [-0.3, -0.25) is 4.79 Å². The fourth-order valence-corrected chi connectivity index (χ4v) is 3.50. The lowest BCUT2D eigenvalue weighted by atomic mass is 9.93. The average molecular weight is 351 g/mol. The van der Waals surface area contributed by atoms with Gasteiger partial charge in [0, 0.05) is 25.1 Å². The summed E-state index contributed by atoms with van der Waals surface area (Å²) in [6.07, 6.45) is 2.38. The van der Waals surface area contributed by atoms with Crippen molar-refractivity contribution in [3.8, 4) is 0 Å². The minimum Gasteiger partial charge on any atom is -0.454 e. The molecule has 0 radical (unpaired) electrons. The molecule has 0 saturated carbocycles. The number of amides is 1. The molecule has 0 aromatic heterocycles. The molecule has 5 nitrogen and oxygen atoms in total. The van der Waals surface area contributed by atoms with E-state index in [9.17, 15) is 9.59 Å². The maximum Gasteiger partial charge on any atom is 0.339 e. The number of nitrogens with one attached hydrogen (secondary N) is 1. The predicted molar refractivity (Wildman–Crippen MR) is 96.1 cm³/mol. The van der Waals surface area contributed by atoms with Gasteiger partial charge in [0.2, 0.25) is 0 Å². The molecule has 0 bridgehead atoms. The molecule has 1 amide bonds. The van der Waals surface area contributed by atoms with Crippen LogP contribution in [0.5, 0.6) is 0 Å². The van der Waals surface area contributed by atoms with E-state index >= 15 is 0 Å². The van der Waals surface area contributed by atoms with Crippen LogP contribution in [0, 0.1) is 0 Å². The number of benzene rings is 2. The Morgan fingerprint density at radius 1 is 1.15 bits per heavy atom. The van der Waals surface area contributed by atoms with Crippen molar-refractivity contribution < 1.29 is 19.1 Å². The number of hydrogen-bond acceptors (Lipinski definition) is 4. The molecule has 0 unspecified atom stereocenters. The van der Waals surface area contributed by atoms with E-state index < -0.39 is 0 Å². The van der Waals surface area contributed by atoms with Crippen LogP contribution in [0.4, 0.5) is 0 Å². The summed E-state index contributed by atoms with van der Waals surface area (Å²) in [7, 11) is 0. The number of rotatable bonds is 4. The first-order valence-electron chi connectivity index (χ1n) is 8.99. The second-order valence-electron chi connectivity index (χ2n) is 6.73. The monoisotopic (exact) mass is 351 g/mol. The number of ether oxygens (including phenoxy) is 2. The number of cyclic esters (lactones) is 1. The largest absolute Gasteiger partial charge is 0.454 e. The van der Waals surface area contributed by atoms with Crippen LogP contribution in [0.15, 0.2) is 48.5 Å². The van der Waals surface area contributed by atoms with Gasteiger partial charge in [-0.25, -0.2) is 4.79 Å². The Morgan fingerprint density at radius 2 is 2.00 bits per heavy atom. The van der Waals surface area contributed by atoms with Gasteiger partial charge in [0.1, 0.15) is 6.10 Å². The van der Waals surface area contributed by atoms with E-state index in [1.165, 1.54) is 0 Å². The van der Waals surface area contributed by atoms with Crippen molar-refractivity contribution >= 4 is 11.9 Å². The molecular formula is C21H21NO4. The highest BCUT2D eigenvalue weighted by molar-refractivity contribution is 5.97. The number of fused-ring (bicyclic) bond motifs is 1. The van der Waals surface area contributed by atoms with Gasteiger partial charge in [-0.15, -0.1) is 0 Å². The van der Waals surface area contributed by atoms with Crippen LogP contribution in [0.2, 0.25) is 0 Å². The number of carbonyl (C=O) groups is 2. The molecule has 2 aliphatic rings. The first-order valence-corrected chi connectivity index (χ1v) is 8.99. The van der Waals surface area contributed by atoms with Gasteiger partial charge < -0.3 is 14.8 Å². The van der Waals surface area contributed by atoms with E-state index in [2.05, 4.69) is 5.32 Å². The Kier molecular flexibility index (Phi) is 4.71. The predicted octanol–water partition coefficient (Wildman–Crippen LogP) is 3.05. The van der Waals surface area contributed by atoms with Gasteiger partial charge in [-0.05, 0) is 42.2 Å². The zero-order valence-electron chi connectivity index (χ0n) is 14.4. The second kappa shape index (κ2) is 7.30. The molecule has 2 aromatic carbocycles. The van der Waals surface area contributed by atoms with E-state index in [1.54, 1.807) is 18.2 Å². The lowest BCUT2D eigenvalue weighted by molar-refractivity contribution is 0.0252. The molecule has 2 aliphatic heterocycles. The van der Waals surface area contributed by atoms with Crippen molar-refractivity contribution in [3.63, 3.8) is 0 Å². The number of hydrogen-bond donors (Lipinski definition) is 1. The summed E-state index contributed by atoms with van der Waals surface area (Å²) >= 11 is 0. The van der Waals surface area contributed by atoms with Crippen LogP contribution in [-0.4, -0.2) is 31.1 Å². The number of carbonyl (C=O) groups excluding carboxylic acids is 2. The first kappa shape index (κ1) is 16.8. The lowest BCUT2D eigenvalue weighted by Crippen LogP contribution is -2.32. The third kappa shape index (κ3) is 3.48. The molecule has 1 fully saturated rings. The topological polar surface area (TPSA) is 64.6 Å². The summed E-state index contributed by atoms with van der Waals surface area (Å²) < 4.78 is 11.1. The zero-order chi connectivity index (χ0) is 17.9. The van der Waals surface area contributed by atoms with Crippen molar-refractivity contribution in [1.29, 1.82) is 0 Å². The van der Waals surface area contributed by atoms with Crippen molar-refractivity contribution in [2.24, 2.45) is 0 Å². The van der Waals surface area contributed by atoms with E-state index in [-0.39, 0.29) is 24.1 Å². The summed E-state index contributed by atoms with van der Waals surface area (Å²) in [5, 5.41) is 2.92. The molecule has 1 N–H and O–H groups in total. The Balaban J connectivity index is 1.50. The van der Waals surface area contributed by atoms with E-state index in [1.807, 2.05) is 30.3 Å². The molecule has 26 heavy (non-hydrogen) atoms. The Morgan fingerprint density at radius 3 is 2.77 bits per heavy atom. The molecule has 2 aromatic rings. The lowest BCUT2D eigenvalue weighted by Gasteiger charge is -2.25. The van der Waals surface area contributed by atoms with Crippen molar-refractivity contribution in [2.45, 2.75) is 31.5 Å². The highest BCUT2D eigenvalue weighted by atomic mass is 16.5. The molecule has 5 heteroatoms. The molecule has 134 valence electrons. The van der Waals surface area contributed by atoms with Crippen LogP contribution in [0.1, 0.15) is 50.8 Å². The van der Waals surface area contributed by atoms with Gasteiger partial charge in [-0.2, -0.15) is 0 Å². The summed E-state index contributed by atoms with van der Waals surface area (Å²) in [4.78, 5) is 24.7. The third-order valence-electron chi connectivity index (χ3n) is 4.93. The SMILES string of the molecule is O=C(NC[C@@H]1CCCO1)c1ccc2c(c1)C[C@@H](c1ccccc1)OC2=O. The molecule has 4 rings (SSSR count). The Labute approximate surface area is 152 Å². The Bertz CT molecular complexity index is 812. The van der Waals surface area contributed by atoms with Gasteiger partial charge in [0.15, 0.2) is 0 Å². The molecule has 2 atom stereocenters. The van der Waals surface area contributed by atoms with Gasteiger partial charge in [-0.1, -0.05) is 30.3 Å². The maximum absolute atomic E-state index is 12.4. The Hall–Kier alpha value is -2.66. The maximum atomic E-state index is 12.4. The molecule has 2 heterocycles. The van der Waals surface area contributed by atoms with Crippen LogP contribution in [0.3, 0.4) is 0 Å². The van der Waals surface area contributed by atoms with Gasteiger partial charge >= 0.3 is 5.97 Å². The zero-order valence-corrected chi connectivity index (χ0v) is 14.4. The minimum absolute atomic E-state index is 0.106. The molecule has 0 spiro atoms. The molecular weight excluding hydrogens is 330 g/mol. The van der Waals surface area contributed by atoms with Crippen molar-refractivity contribution in [1.82, 2.24) is 5.32 Å². The molecule has 1 saturated heterocycles. The fraction of sp³-hybridized carbons (Fsp3) is 0.333. The van der Waals surface area contributed by atoms with Crippen LogP contribution in [0.25, 0.3) is 0 Å². The summed E-state index contributed by atoms with van der Waals surface area (Å²) in [6.45, 7) is 1.28. The average Bonchev–Trinajstić information content (AvgIpc) is 3.20. The summed E-state index contributed by atoms with van der Waals surface area (Å²) in [6, 6.07) is 14.8.